The number of carbonyl (C=O) groups is 1. The summed E-state index contributed by atoms with van der Waals surface area (Å²) in [6, 6.07) is 13.6. The molecule has 3 aromatic rings. The van der Waals surface area contributed by atoms with Crippen molar-refractivity contribution in [3.63, 3.8) is 0 Å². The number of hydrogen-bond acceptors (Lipinski definition) is 5. The minimum absolute atomic E-state index is 0.144. The van der Waals surface area contributed by atoms with Crippen molar-refractivity contribution in [1.29, 1.82) is 0 Å². The van der Waals surface area contributed by atoms with Gasteiger partial charge in [0.15, 0.2) is 0 Å². The van der Waals surface area contributed by atoms with Crippen molar-refractivity contribution in [3.05, 3.63) is 59.9 Å². The number of amides is 1. The molecule has 0 bridgehead atoms. The highest BCUT2D eigenvalue weighted by molar-refractivity contribution is 7.99. The zero-order valence-corrected chi connectivity index (χ0v) is 14.3. The second-order valence-corrected chi connectivity index (χ2v) is 6.18. The quantitative estimate of drug-likeness (QED) is 0.686. The minimum atomic E-state index is -0.378. The van der Waals surface area contributed by atoms with E-state index in [1.807, 2.05) is 24.3 Å². The molecule has 2 aromatic carbocycles. The summed E-state index contributed by atoms with van der Waals surface area (Å²) in [5.41, 5.74) is 2.46. The standard InChI is InChI=1S/C17H16FN5OS/c1-2-12-6-8-14(9-7-12)19-16(24)11-25-17-20-21-22-23(17)15-5-3-4-13(18)10-15/h3-10H,2,11H2,1H3,(H,19,24). The van der Waals surface area contributed by atoms with Gasteiger partial charge >= 0.3 is 0 Å². The van der Waals surface area contributed by atoms with Gasteiger partial charge in [-0.25, -0.2) is 4.39 Å². The number of anilines is 1. The van der Waals surface area contributed by atoms with Crippen molar-refractivity contribution in [1.82, 2.24) is 20.2 Å². The molecule has 3 rings (SSSR count). The van der Waals surface area contributed by atoms with Crippen LogP contribution >= 0.6 is 11.8 Å². The molecule has 0 unspecified atom stereocenters. The lowest BCUT2D eigenvalue weighted by Gasteiger charge is -2.06. The number of nitrogens with zero attached hydrogens (tertiary/aromatic N) is 4. The SMILES string of the molecule is CCc1ccc(NC(=O)CSc2nnnn2-c2cccc(F)c2)cc1. The van der Waals surface area contributed by atoms with Crippen LogP contribution in [0.2, 0.25) is 0 Å². The van der Waals surface area contributed by atoms with E-state index in [1.54, 1.807) is 12.1 Å². The summed E-state index contributed by atoms with van der Waals surface area (Å²) >= 11 is 1.18. The zero-order chi connectivity index (χ0) is 17.6. The smallest absolute Gasteiger partial charge is 0.234 e. The molecule has 128 valence electrons. The van der Waals surface area contributed by atoms with Gasteiger partial charge in [0.1, 0.15) is 5.82 Å². The van der Waals surface area contributed by atoms with Crippen LogP contribution in [0.4, 0.5) is 10.1 Å². The van der Waals surface area contributed by atoms with Crippen LogP contribution in [0.5, 0.6) is 0 Å². The van der Waals surface area contributed by atoms with Gasteiger partial charge in [-0.2, -0.15) is 4.68 Å². The van der Waals surface area contributed by atoms with Crippen molar-refractivity contribution >= 4 is 23.4 Å². The first kappa shape index (κ1) is 17.1. The molecule has 0 fully saturated rings. The van der Waals surface area contributed by atoms with Gasteiger partial charge in [0, 0.05) is 5.69 Å². The normalized spacial score (nSPS) is 10.6. The second-order valence-electron chi connectivity index (χ2n) is 5.24. The molecule has 0 aliphatic rings. The molecule has 25 heavy (non-hydrogen) atoms. The minimum Gasteiger partial charge on any atom is -0.325 e. The first-order valence-electron chi connectivity index (χ1n) is 7.71. The average Bonchev–Trinajstić information content (AvgIpc) is 3.09. The summed E-state index contributed by atoms with van der Waals surface area (Å²) in [7, 11) is 0. The van der Waals surface area contributed by atoms with Crippen molar-refractivity contribution in [3.8, 4) is 5.69 Å². The molecular formula is C17H16FN5OS. The molecule has 6 nitrogen and oxygen atoms in total. The van der Waals surface area contributed by atoms with E-state index in [9.17, 15) is 9.18 Å². The fourth-order valence-electron chi connectivity index (χ4n) is 2.19. The van der Waals surface area contributed by atoms with Gasteiger partial charge in [0.05, 0.1) is 11.4 Å². The van der Waals surface area contributed by atoms with Gasteiger partial charge in [0.2, 0.25) is 11.1 Å². The van der Waals surface area contributed by atoms with E-state index >= 15 is 0 Å². The Morgan fingerprint density at radius 1 is 1.24 bits per heavy atom. The maximum absolute atomic E-state index is 13.3. The predicted molar refractivity (Wildman–Crippen MR) is 94.3 cm³/mol. The Hall–Kier alpha value is -2.74. The van der Waals surface area contributed by atoms with Gasteiger partial charge in [-0.1, -0.05) is 36.9 Å². The Labute approximate surface area is 148 Å². The van der Waals surface area contributed by atoms with Gasteiger partial charge in [-0.3, -0.25) is 4.79 Å². The monoisotopic (exact) mass is 357 g/mol. The Morgan fingerprint density at radius 3 is 2.76 bits per heavy atom. The largest absolute Gasteiger partial charge is 0.325 e. The number of carbonyl (C=O) groups excluding carboxylic acids is 1. The van der Waals surface area contributed by atoms with Gasteiger partial charge in [-0.05, 0) is 52.7 Å². The molecule has 0 aliphatic heterocycles. The second kappa shape index (κ2) is 7.89. The molecule has 1 aromatic heterocycles. The van der Waals surface area contributed by atoms with E-state index in [4.69, 9.17) is 0 Å². The molecule has 0 atom stereocenters. The first-order valence-corrected chi connectivity index (χ1v) is 8.70. The van der Waals surface area contributed by atoms with Crippen LogP contribution < -0.4 is 5.32 Å². The molecule has 1 heterocycles. The molecule has 0 saturated heterocycles. The molecule has 8 heteroatoms. The third kappa shape index (κ3) is 4.42. The van der Waals surface area contributed by atoms with E-state index in [0.29, 0.717) is 10.8 Å². The highest BCUT2D eigenvalue weighted by atomic mass is 32.2. The number of nitrogens with one attached hydrogen (secondary N) is 1. The topological polar surface area (TPSA) is 72.7 Å². The van der Waals surface area contributed by atoms with Crippen LogP contribution in [0.15, 0.2) is 53.7 Å². The molecule has 0 spiro atoms. The Bertz CT molecular complexity index is 865. The summed E-state index contributed by atoms with van der Waals surface area (Å²) in [5, 5.41) is 14.6. The lowest BCUT2D eigenvalue weighted by Crippen LogP contribution is -2.14. The van der Waals surface area contributed by atoms with Crippen LogP contribution in [0.25, 0.3) is 5.69 Å². The van der Waals surface area contributed by atoms with E-state index in [1.165, 1.54) is 34.1 Å². The van der Waals surface area contributed by atoms with Crippen molar-refractivity contribution in [2.24, 2.45) is 0 Å². The number of hydrogen-bond donors (Lipinski definition) is 1. The highest BCUT2D eigenvalue weighted by Crippen LogP contribution is 2.19. The molecule has 0 aliphatic carbocycles. The van der Waals surface area contributed by atoms with Crippen LogP contribution in [-0.4, -0.2) is 31.9 Å². The van der Waals surface area contributed by atoms with Gasteiger partial charge < -0.3 is 5.32 Å². The number of halogens is 1. The third-order valence-corrected chi connectivity index (χ3v) is 4.39. The summed E-state index contributed by atoms with van der Waals surface area (Å²) in [6.07, 6.45) is 0.951. The average molecular weight is 357 g/mol. The lowest BCUT2D eigenvalue weighted by molar-refractivity contribution is -0.113. The van der Waals surface area contributed by atoms with Crippen molar-refractivity contribution < 1.29 is 9.18 Å². The van der Waals surface area contributed by atoms with Gasteiger partial charge in [-0.15, -0.1) is 5.10 Å². The molecule has 1 N–H and O–H groups in total. The van der Waals surface area contributed by atoms with E-state index < -0.39 is 0 Å². The Balaban J connectivity index is 1.62. The number of rotatable bonds is 6. The van der Waals surface area contributed by atoms with Crippen LogP contribution in [0.3, 0.4) is 0 Å². The van der Waals surface area contributed by atoms with Crippen LogP contribution in [0, 0.1) is 5.82 Å². The number of aryl methyl sites for hydroxylation is 1. The fourth-order valence-corrected chi connectivity index (χ4v) is 2.88. The van der Waals surface area contributed by atoms with E-state index in [0.717, 1.165) is 12.1 Å². The van der Waals surface area contributed by atoms with E-state index in [2.05, 4.69) is 27.8 Å². The summed E-state index contributed by atoms with van der Waals surface area (Å²) in [5.74, 6) is -0.397. The summed E-state index contributed by atoms with van der Waals surface area (Å²) in [6.45, 7) is 2.08. The van der Waals surface area contributed by atoms with Crippen molar-refractivity contribution in [2.75, 3.05) is 11.1 Å². The summed E-state index contributed by atoms with van der Waals surface area (Å²) in [4.78, 5) is 12.1. The summed E-state index contributed by atoms with van der Waals surface area (Å²) < 4.78 is 14.7. The number of tetrazole rings is 1. The number of thioether (sulfide) groups is 1. The maximum Gasteiger partial charge on any atom is 0.234 e. The lowest BCUT2D eigenvalue weighted by atomic mass is 10.1. The molecule has 1 amide bonds. The van der Waals surface area contributed by atoms with Gasteiger partial charge in [0.25, 0.3) is 0 Å². The number of aromatic nitrogens is 4. The maximum atomic E-state index is 13.3. The predicted octanol–water partition coefficient (Wildman–Crippen LogP) is 3.09. The molecule has 0 radical (unpaired) electrons. The Morgan fingerprint density at radius 2 is 2.04 bits per heavy atom. The Kier molecular flexibility index (Phi) is 5.39. The van der Waals surface area contributed by atoms with Crippen LogP contribution in [0.1, 0.15) is 12.5 Å². The molecule has 0 saturated carbocycles. The van der Waals surface area contributed by atoms with E-state index in [-0.39, 0.29) is 17.5 Å². The molecular weight excluding hydrogens is 341 g/mol. The van der Waals surface area contributed by atoms with Crippen LogP contribution in [-0.2, 0) is 11.2 Å². The third-order valence-electron chi connectivity index (χ3n) is 3.47. The number of benzene rings is 2. The highest BCUT2D eigenvalue weighted by Gasteiger charge is 2.12. The van der Waals surface area contributed by atoms with Crippen molar-refractivity contribution in [2.45, 2.75) is 18.5 Å². The fraction of sp³-hybridized carbons (Fsp3) is 0.176. The first-order chi connectivity index (χ1) is 12.2. The zero-order valence-electron chi connectivity index (χ0n) is 13.5.